The Morgan fingerprint density at radius 3 is 2.36 bits per heavy atom. The third kappa shape index (κ3) is 8.00. The van der Waals surface area contributed by atoms with Gasteiger partial charge in [0.1, 0.15) is 40.7 Å². The lowest BCUT2D eigenvalue weighted by Crippen LogP contribution is -2.66. The minimum atomic E-state index is -5.14. The topological polar surface area (TPSA) is 197 Å². The quantitative estimate of drug-likeness (QED) is 0.242. The molecule has 3 N–H and O–H groups in total. The van der Waals surface area contributed by atoms with Crippen LogP contribution in [-0.2, 0) is 31.0 Å². The maximum Gasteiger partial charge on any atom is 0.411 e. The molecule has 6 rings (SSSR count). The predicted octanol–water partition coefficient (Wildman–Crippen LogP) is 4.29. The van der Waals surface area contributed by atoms with E-state index in [9.17, 15) is 55.1 Å². The number of hydrogen-bond donors (Lipinski definition) is 3. The number of allylic oxidation sites excluding steroid dienone is 1. The van der Waals surface area contributed by atoms with Crippen molar-refractivity contribution in [3.63, 3.8) is 0 Å². The number of halogens is 4. The van der Waals surface area contributed by atoms with Gasteiger partial charge in [0.15, 0.2) is 0 Å². The maximum absolute atomic E-state index is 15.0. The van der Waals surface area contributed by atoms with Crippen LogP contribution in [-0.4, -0.2) is 110 Å². The molecule has 1 aromatic heterocycles. The number of rotatable bonds is 9. The number of fused-ring (bicyclic) bond motifs is 3. The molecule has 3 heterocycles. The number of alkyl halides is 4. The van der Waals surface area contributed by atoms with Gasteiger partial charge in [0, 0.05) is 18.9 Å². The summed E-state index contributed by atoms with van der Waals surface area (Å²) in [6, 6.07) is 2.88. The van der Waals surface area contributed by atoms with Crippen LogP contribution in [0.1, 0.15) is 79.6 Å². The van der Waals surface area contributed by atoms with Crippen LogP contribution in [0.25, 0.3) is 10.8 Å². The SMILES string of the molecule is CCn1nc(O[C@@H]2C[C@H]3C(=O)N[C@]4(C(=O)NS(=O)(=O)C5(CF)CC5)C[C@H]4/C=C\CC[C@H](C)C[C@@H](C)[C@H](N(C(=O)O)C(C)(C)C(F)(F)F)C(=O)N3C2)c2ccccc2c1=O. The number of nitrogens with zero attached hydrogens (tertiary/aromatic N) is 4. The van der Waals surface area contributed by atoms with Crippen molar-refractivity contribution in [2.75, 3.05) is 13.2 Å². The van der Waals surface area contributed by atoms with Gasteiger partial charge in [-0.1, -0.05) is 38.1 Å². The summed E-state index contributed by atoms with van der Waals surface area (Å²) in [5, 5.41) is 18.0. The first-order valence-corrected chi connectivity index (χ1v) is 21.2. The van der Waals surface area contributed by atoms with Gasteiger partial charge in [-0.25, -0.2) is 22.3 Å². The average molecular weight is 855 g/mol. The fraction of sp³-hybridized carbons (Fsp3) is 0.641. The Hall–Kier alpha value is -4.75. The number of aromatic nitrogens is 2. The van der Waals surface area contributed by atoms with E-state index in [2.05, 4.69) is 10.4 Å². The van der Waals surface area contributed by atoms with E-state index in [1.54, 1.807) is 43.3 Å². The molecule has 2 saturated carbocycles. The lowest BCUT2D eigenvalue weighted by Gasteiger charge is -2.45. The van der Waals surface area contributed by atoms with E-state index in [1.165, 1.54) is 6.92 Å². The van der Waals surface area contributed by atoms with E-state index >= 15 is 0 Å². The minimum absolute atomic E-state index is 0.00837. The van der Waals surface area contributed by atoms with Gasteiger partial charge >= 0.3 is 12.3 Å². The first kappa shape index (κ1) is 43.8. The van der Waals surface area contributed by atoms with Crippen molar-refractivity contribution in [2.24, 2.45) is 17.8 Å². The van der Waals surface area contributed by atoms with Gasteiger partial charge in [0.25, 0.3) is 11.5 Å². The zero-order chi connectivity index (χ0) is 43.5. The molecule has 1 saturated heterocycles. The summed E-state index contributed by atoms with van der Waals surface area (Å²) in [6.45, 7) is 4.76. The fourth-order valence-corrected chi connectivity index (χ4v) is 9.83. The van der Waals surface area contributed by atoms with E-state index in [0.29, 0.717) is 32.1 Å². The highest BCUT2D eigenvalue weighted by molar-refractivity contribution is 7.91. The molecular weight excluding hydrogens is 805 g/mol. The molecule has 4 aliphatic rings. The Balaban J connectivity index is 1.44. The lowest BCUT2D eigenvalue weighted by molar-refractivity contribution is -0.222. The van der Waals surface area contributed by atoms with E-state index in [4.69, 9.17) is 4.74 Å². The van der Waals surface area contributed by atoms with Crippen LogP contribution >= 0.6 is 0 Å². The van der Waals surface area contributed by atoms with Crippen molar-refractivity contribution >= 4 is 44.6 Å². The van der Waals surface area contributed by atoms with Crippen LogP contribution in [0.15, 0.2) is 41.2 Å². The number of nitrogens with one attached hydrogen (secondary N) is 2. The number of hydrogen-bond acceptors (Lipinski definition) is 9. The normalized spacial score (nSPS) is 29.3. The molecule has 0 radical (unpaired) electrons. The fourth-order valence-electron chi connectivity index (χ4n) is 8.40. The second-order valence-corrected chi connectivity index (χ2v) is 19.0. The van der Waals surface area contributed by atoms with Gasteiger partial charge < -0.3 is 20.1 Å². The third-order valence-corrected chi connectivity index (χ3v) is 14.5. The Kier molecular flexibility index (Phi) is 11.7. The van der Waals surface area contributed by atoms with Gasteiger partial charge in [-0.05, 0) is 83.3 Å². The molecule has 59 heavy (non-hydrogen) atoms. The molecule has 0 spiro atoms. The molecule has 2 aliphatic heterocycles. The van der Waals surface area contributed by atoms with Crippen LogP contribution in [0.3, 0.4) is 0 Å². The molecule has 20 heteroatoms. The predicted molar refractivity (Wildman–Crippen MR) is 205 cm³/mol. The zero-order valence-corrected chi connectivity index (χ0v) is 34.2. The van der Waals surface area contributed by atoms with Gasteiger partial charge in [0.05, 0.1) is 17.3 Å². The Morgan fingerprint density at radius 2 is 1.76 bits per heavy atom. The van der Waals surface area contributed by atoms with Crippen LogP contribution in [0.2, 0.25) is 0 Å². The molecule has 324 valence electrons. The van der Waals surface area contributed by atoms with Gasteiger partial charge in [-0.3, -0.25) is 28.8 Å². The minimum Gasteiger partial charge on any atom is -0.471 e. The molecule has 2 aromatic rings. The monoisotopic (exact) mass is 854 g/mol. The maximum atomic E-state index is 15.0. The second kappa shape index (κ2) is 15.7. The largest absolute Gasteiger partial charge is 0.471 e. The smallest absolute Gasteiger partial charge is 0.411 e. The van der Waals surface area contributed by atoms with Crippen LogP contribution in [0.4, 0.5) is 22.4 Å². The van der Waals surface area contributed by atoms with E-state index in [-0.39, 0.29) is 60.7 Å². The zero-order valence-electron chi connectivity index (χ0n) is 33.4. The van der Waals surface area contributed by atoms with Crippen molar-refractivity contribution in [3.8, 4) is 5.88 Å². The highest BCUT2D eigenvalue weighted by Crippen LogP contribution is 2.48. The van der Waals surface area contributed by atoms with Gasteiger partial charge in [0.2, 0.25) is 27.7 Å². The number of sulfonamides is 1. The first-order chi connectivity index (χ1) is 27.5. The highest BCUT2D eigenvalue weighted by Gasteiger charge is 2.64. The molecule has 3 fully saturated rings. The summed E-state index contributed by atoms with van der Waals surface area (Å²) in [5.74, 6) is -5.22. The standard InChI is InChI=1S/C39H50F4N6O9S/c1-6-48-32(51)27-14-10-9-13-26(27)31(45-48)58-25-18-28-30(50)44-38(34(53)46-59(56,57)37(21-40)15-16-37)19-24(38)12-8-7-11-22(2)17-23(3)29(33(52)47(28)20-25)49(35(54)55)36(4,5)39(41,42)43/h8-10,12-14,22-25,28-29H,6-7,11,15-21H2,1-5H3,(H,44,50)(H,46,53)(H,54,55)/b12-8-/t22-,23+,24+,25+,28-,29-,38+/m0/s1. The molecular formula is C39H50F4N6O9S. The van der Waals surface area contributed by atoms with Gasteiger partial charge in [-0.2, -0.15) is 13.2 Å². The first-order valence-electron chi connectivity index (χ1n) is 19.7. The molecule has 4 amide bonds. The second-order valence-electron chi connectivity index (χ2n) is 17.0. The number of ether oxygens (including phenoxy) is 1. The Labute approximate surface area is 338 Å². The Bertz CT molecular complexity index is 2210. The number of aryl methyl sites for hydroxylation is 1. The van der Waals surface area contributed by atoms with Gasteiger partial charge in [-0.15, -0.1) is 5.10 Å². The summed E-state index contributed by atoms with van der Waals surface area (Å²) in [5.41, 5.74) is -5.35. The van der Waals surface area contributed by atoms with Crippen molar-refractivity contribution in [1.29, 1.82) is 0 Å². The van der Waals surface area contributed by atoms with Crippen molar-refractivity contribution < 1.29 is 55.0 Å². The molecule has 0 unspecified atom stereocenters. The highest BCUT2D eigenvalue weighted by atomic mass is 32.2. The average Bonchev–Trinajstić information content (AvgIpc) is 4.07. The summed E-state index contributed by atoms with van der Waals surface area (Å²) >= 11 is 0. The van der Waals surface area contributed by atoms with E-state index < -0.39 is 105 Å². The molecule has 2 aliphatic carbocycles. The molecule has 15 nitrogen and oxygen atoms in total. The number of carboxylic acid groups (broad SMARTS) is 1. The van der Waals surface area contributed by atoms with Crippen molar-refractivity contribution in [3.05, 3.63) is 46.8 Å². The number of benzene rings is 1. The number of amides is 4. The lowest BCUT2D eigenvalue weighted by atomic mass is 9.85. The summed E-state index contributed by atoms with van der Waals surface area (Å²) in [6.07, 6.45) is -4.29. The summed E-state index contributed by atoms with van der Waals surface area (Å²) < 4.78 is 92.0. The van der Waals surface area contributed by atoms with Crippen LogP contribution in [0.5, 0.6) is 5.88 Å². The number of carbonyl (C=O) groups is 4. The number of carbonyl (C=O) groups excluding carboxylic acids is 3. The van der Waals surface area contributed by atoms with Crippen molar-refractivity contribution in [2.45, 2.75) is 126 Å². The summed E-state index contributed by atoms with van der Waals surface area (Å²) in [7, 11) is -4.52. The third-order valence-electron chi connectivity index (χ3n) is 12.4. The van der Waals surface area contributed by atoms with Crippen LogP contribution in [0, 0.1) is 17.8 Å². The molecule has 0 bridgehead atoms. The van der Waals surface area contributed by atoms with E-state index in [0.717, 1.165) is 9.58 Å². The van der Waals surface area contributed by atoms with E-state index in [1.807, 2.05) is 11.6 Å². The van der Waals surface area contributed by atoms with Crippen molar-refractivity contribution in [1.82, 2.24) is 29.6 Å². The Morgan fingerprint density at radius 1 is 1.10 bits per heavy atom. The van der Waals surface area contributed by atoms with Crippen LogP contribution < -0.4 is 20.3 Å². The molecule has 1 aromatic carbocycles. The summed E-state index contributed by atoms with van der Waals surface area (Å²) in [4.78, 5) is 70.5. The molecule has 7 atom stereocenters.